The highest BCUT2D eigenvalue weighted by molar-refractivity contribution is 6.25. The van der Waals surface area contributed by atoms with Gasteiger partial charge in [-0.15, -0.1) is 0 Å². The van der Waals surface area contributed by atoms with E-state index in [1.807, 2.05) is 6.92 Å². The van der Waals surface area contributed by atoms with Crippen molar-refractivity contribution in [2.75, 3.05) is 67.0 Å². The molecule has 6 amide bonds. The molecule has 4 N–H and O–H groups in total. The number of carbonyl (C=O) groups excluding carboxylic acids is 6. The standard InChI is InChI=1S/C40H47N9O8/c1-3-29-38(54)47(2)31-23-43-40(46-34(31)48(29)26-7-4-5-8-26)44-25-13-11-24(12-14-25)35(51)42-18-20-57-22-21-56-19-17-41-28-10-6-9-27-33(28)39(55)49(37(27)53)30-15-16-32(50)45-36(30)52/h6,9-14,23,26,29-30,41H,3-5,7-8,15-22H2,1-2H3,(H,42,51)(H,43,44,46)(H,45,50,52)/t29-,30?/m1/s1. The van der Waals surface area contributed by atoms with E-state index in [-0.39, 0.29) is 54.5 Å². The van der Waals surface area contributed by atoms with Crippen LogP contribution in [0.3, 0.4) is 0 Å². The molecule has 4 aliphatic rings. The summed E-state index contributed by atoms with van der Waals surface area (Å²) in [7, 11) is 1.77. The minimum absolute atomic E-state index is 0.0519. The number of piperidine rings is 1. The van der Waals surface area contributed by atoms with Gasteiger partial charge < -0.3 is 35.2 Å². The lowest BCUT2D eigenvalue weighted by Gasteiger charge is -2.43. The molecule has 17 heteroatoms. The van der Waals surface area contributed by atoms with Crippen LogP contribution in [-0.2, 0) is 23.9 Å². The molecule has 4 heterocycles. The predicted octanol–water partition coefficient (Wildman–Crippen LogP) is 3.00. The number of imide groups is 2. The van der Waals surface area contributed by atoms with Gasteiger partial charge in [0.2, 0.25) is 23.7 Å². The van der Waals surface area contributed by atoms with E-state index >= 15 is 0 Å². The summed E-state index contributed by atoms with van der Waals surface area (Å²) in [6, 6.07) is 10.9. The van der Waals surface area contributed by atoms with Gasteiger partial charge >= 0.3 is 0 Å². The Morgan fingerprint density at radius 1 is 0.912 bits per heavy atom. The van der Waals surface area contributed by atoms with Crippen molar-refractivity contribution in [2.24, 2.45) is 0 Å². The van der Waals surface area contributed by atoms with Crippen LogP contribution in [0.25, 0.3) is 0 Å². The Morgan fingerprint density at radius 2 is 1.65 bits per heavy atom. The molecule has 57 heavy (non-hydrogen) atoms. The number of hydrogen-bond acceptors (Lipinski definition) is 13. The van der Waals surface area contributed by atoms with Gasteiger partial charge in [0.05, 0.1) is 43.8 Å². The summed E-state index contributed by atoms with van der Waals surface area (Å²) in [5.41, 5.74) is 2.75. The topological polar surface area (TPSA) is 204 Å². The molecule has 300 valence electrons. The van der Waals surface area contributed by atoms with Gasteiger partial charge in [-0.3, -0.25) is 39.0 Å². The van der Waals surface area contributed by atoms with Crippen LogP contribution in [0.1, 0.15) is 82.9 Å². The molecule has 2 atom stereocenters. The van der Waals surface area contributed by atoms with E-state index in [4.69, 9.17) is 14.5 Å². The number of amides is 6. The third-order valence-electron chi connectivity index (χ3n) is 10.7. The number of nitrogens with zero attached hydrogens (tertiary/aromatic N) is 5. The number of fused-ring (bicyclic) bond motifs is 2. The Morgan fingerprint density at radius 3 is 2.37 bits per heavy atom. The zero-order valence-corrected chi connectivity index (χ0v) is 32.0. The maximum absolute atomic E-state index is 13.2. The Bertz CT molecular complexity index is 2040. The first-order valence-electron chi connectivity index (χ1n) is 19.5. The third-order valence-corrected chi connectivity index (χ3v) is 10.7. The van der Waals surface area contributed by atoms with Crippen molar-refractivity contribution in [2.45, 2.75) is 70.0 Å². The lowest BCUT2D eigenvalue weighted by Crippen LogP contribution is -2.55. The number of anilines is 5. The minimum atomic E-state index is -1.03. The quantitative estimate of drug-likeness (QED) is 0.122. The molecule has 1 aliphatic carbocycles. The minimum Gasteiger partial charge on any atom is -0.382 e. The molecule has 3 aromatic rings. The Labute approximate surface area is 329 Å². The van der Waals surface area contributed by atoms with E-state index in [2.05, 4.69) is 31.2 Å². The molecule has 7 rings (SSSR count). The number of carbonyl (C=O) groups is 6. The van der Waals surface area contributed by atoms with Gasteiger partial charge in [0.15, 0.2) is 5.82 Å². The van der Waals surface area contributed by atoms with E-state index in [0.717, 1.165) is 42.1 Å². The fraction of sp³-hybridized carbons (Fsp3) is 0.450. The van der Waals surface area contributed by atoms with E-state index in [9.17, 15) is 28.8 Å². The SMILES string of the molecule is CC[C@@H]1C(=O)N(C)c2cnc(Nc3ccc(C(=O)NCCOCCOCCNc4cccc5c4C(=O)N(C4CCC(=O)NC4=O)C5=O)cc3)nc2N1C1CCCC1. The number of ether oxygens (including phenoxy) is 2. The van der Waals surface area contributed by atoms with Crippen molar-refractivity contribution in [3.63, 3.8) is 0 Å². The van der Waals surface area contributed by atoms with Gasteiger partial charge in [0, 0.05) is 49.5 Å². The number of hydrogen-bond donors (Lipinski definition) is 4. The lowest BCUT2D eigenvalue weighted by molar-refractivity contribution is -0.136. The second-order valence-electron chi connectivity index (χ2n) is 14.4. The summed E-state index contributed by atoms with van der Waals surface area (Å²) >= 11 is 0. The molecule has 1 saturated carbocycles. The maximum atomic E-state index is 13.2. The van der Waals surface area contributed by atoms with Crippen LogP contribution < -0.4 is 31.1 Å². The molecule has 2 fully saturated rings. The summed E-state index contributed by atoms with van der Waals surface area (Å²) in [6.45, 7) is 3.88. The zero-order chi connectivity index (χ0) is 40.1. The van der Waals surface area contributed by atoms with Gasteiger partial charge in [-0.05, 0) is 62.1 Å². The molecule has 1 aromatic heterocycles. The first-order chi connectivity index (χ1) is 27.7. The summed E-state index contributed by atoms with van der Waals surface area (Å²) in [5.74, 6) is -1.22. The van der Waals surface area contributed by atoms with Crippen molar-refractivity contribution >= 4 is 64.3 Å². The summed E-state index contributed by atoms with van der Waals surface area (Å²) in [5, 5.41) is 11.4. The van der Waals surface area contributed by atoms with Gasteiger partial charge in [0.1, 0.15) is 17.8 Å². The molecule has 0 spiro atoms. The van der Waals surface area contributed by atoms with Gasteiger partial charge in [0.25, 0.3) is 17.7 Å². The van der Waals surface area contributed by atoms with E-state index in [1.165, 1.54) is 0 Å². The van der Waals surface area contributed by atoms with Crippen molar-refractivity contribution in [3.05, 3.63) is 65.4 Å². The largest absolute Gasteiger partial charge is 0.382 e. The van der Waals surface area contributed by atoms with Crippen LogP contribution in [-0.4, -0.2) is 115 Å². The molecular weight excluding hydrogens is 734 g/mol. The third kappa shape index (κ3) is 8.30. The molecule has 17 nitrogen and oxygen atoms in total. The molecule has 1 saturated heterocycles. The van der Waals surface area contributed by atoms with Crippen LogP contribution in [0.2, 0.25) is 0 Å². The smallest absolute Gasteiger partial charge is 0.264 e. The summed E-state index contributed by atoms with van der Waals surface area (Å²) in [4.78, 5) is 90.2. The molecule has 0 bridgehead atoms. The van der Waals surface area contributed by atoms with E-state index in [0.29, 0.717) is 62.2 Å². The number of benzene rings is 2. The second kappa shape index (κ2) is 17.5. The van der Waals surface area contributed by atoms with Gasteiger partial charge in [-0.25, -0.2) is 4.98 Å². The van der Waals surface area contributed by atoms with Crippen LogP contribution in [0.4, 0.5) is 28.8 Å². The number of likely N-dealkylation sites (N-methyl/N-ethyl adjacent to an activating group) is 1. The Balaban J connectivity index is 0.805. The first kappa shape index (κ1) is 39.3. The van der Waals surface area contributed by atoms with Crippen LogP contribution >= 0.6 is 0 Å². The zero-order valence-electron chi connectivity index (χ0n) is 32.0. The van der Waals surface area contributed by atoms with Crippen molar-refractivity contribution in [3.8, 4) is 0 Å². The highest BCUT2D eigenvalue weighted by atomic mass is 16.5. The maximum Gasteiger partial charge on any atom is 0.264 e. The summed E-state index contributed by atoms with van der Waals surface area (Å²) < 4.78 is 11.2. The summed E-state index contributed by atoms with van der Waals surface area (Å²) in [6.07, 6.45) is 6.89. The molecule has 0 radical (unpaired) electrons. The first-order valence-corrected chi connectivity index (χ1v) is 19.5. The van der Waals surface area contributed by atoms with E-state index < -0.39 is 29.7 Å². The number of rotatable bonds is 16. The molecule has 2 aromatic carbocycles. The number of aromatic nitrogens is 2. The number of nitrogens with one attached hydrogen (secondary N) is 4. The van der Waals surface area contributed by atoms with Gasteiger partial charge in [-0.2, -0.15) is 4.98 Å². The Kier molecular flexibility index (Phi) is 12.0. The second-order valence-corrected chi connectivity index (χ2v) is 14.4. The Hall–Kier alpha value is -5.94. The predicted molar refractivity (Wildman–Crippen MR) is 210 cm³/mol. The fourth-order valence-electron chi connectivity index (χ4n) is 7.86. The lowest BCUT2D eigenvalue weighted by atomic mass is 10.0. The highest BCUT2D eigenvalue weighted by Gasteiger charge is 2.46. The van der Waals surface area contributed by atoms with Gasteiger partial charge in [-0.1, -0.05) is 25.8 Å². The molecule has 3 aliphatic heterocycles. The molecule has 1 unspecified atom stereocenters. The van der Waals surface area contributed by atoms with Crippen molar-refractivity contribution in [1.82, 2.24) is 25.5 Å². The van der Waals surface area contributed by atoms with Crippen LogP contribution in [0.15, 0.2) is 48.7 Å². The highest BCUT2D eigenvalue weighted by Crippen LogP contribution is 2.40. The van der Waals surface area contributed by atoms with Crippen molar-refractivity contribution < 1.29 is 38.2 Å². The average molecular weight is 782 g/mol. The fourth-order valence-corrected chi connectivity index (χ4v) is 7.86. The van der Waals surface area contributed by atoms with E-state index in [1.54, 1.807) is 60.6 Å². The molecular formula is C40H47N9O8. The monoisotopic (exact) mass is 781 g/mol. The van der Waals surface area contributed by atoms with Crippen molar-refractivity contribution in [1.29, 1.82) is 0 Å². The normalized spacial score (nSPS) is 19.5. The van der Waals surface area contributed by atoms with Crippen LogP contribution in [0, 0.1) is 0 Å². The van der Waals surface area contributed by atoms with Crippen LogP contribution in [0.5, 0.6) is 0 Å². The average Bonchev–Trinajstić information content (AvgIpc) is 3.83.